The van der Waals surface area contributed by atoms with E-state index < -0.39 is 0 Å². The third-order valence-corrected chi connectivity index (χ3v) is 3.03. The highest BCUT2D eigenvalue weighted by molar-refractivity contribution is 5.64. The maximum absolute atomic E-state index is 3.89. The predicted molar refractivity (Wildman–Crippen MR) is 67.5 cm³/mol. The van der Waals surface area contributed by atoms with E-state index in [2.05, 4.69) is 39.1 Å². The van der Waals surface area contributed by atoms with Crippen LogP contribution in [0.2, 0.25) is 0 Å². The van der Waals surface area contributed by atoms with Crippen molar-refractivity contribution in [3.63, 3.8) is 0 Å². The van der Waals surface area contributed by atoms with E-state index in [0.29, 0.717) is 0 Å². The largest absolute Gasteiger partial charge is 0.385 e. The van der Waals surface area contributed by atoms with Crippen LogP contribution in [-0.4, -0.2) is 21.5 Å². The first-order valence-electron chi connectivity index (χ1n) is 5.81. The molecule has 0 aliphatic carbocycles. The maximum atomic E-state index is 3.89. The van der Waals surface area contributed by atoms with Gasteiger partial charge < -0.3 is 10.6 Å². The smallest absolute Gasteiger partial charge is 0.148 e. The molecule has 2 N–H and O–H groups in total. The van der Waals surface area contributed by atoms with Gasteiger partial charge in [-0.15, -0.1) is 5.10 Å². The average Bonchev–Trinajstić information content (AvgIpc) is 2.75. The van der Waals surface area contributed by atoms with Crippen molar-refractivity contribution in [1.82, 2.24) is 15.0 Å². The monoisotopic (exact) mass is 229 g/mol. The van der Waals surface area contributed by atoms with Crippen molar-refractivity contribution in [3.8, 4) is 0 Å². The van der Waals surface area contributed by atoms with Gasteiger partial charge in [-0.25, -0.2) is 4.68 Å². The van der Waals surface area contributed by atoms with Crippen molar-refractivity contribution in [2.24, 2.45) is 7.05 Å². The molecule has 1 aromatic heterocycles. The number of rotatable bonds is 2. The molecule has 0 saturated carbocycles. The molecule has 0 radical (unpaired) electrons. The molecule has 0 amide bonds. The van der Waals surface area contributed by atoms with Crippen molar-refractivity contribution in [2.75, 3.05) is 17.2 Å². The Balaban J connectivity index is 1.87. The Morgan fingerprint density at radius 2 is 2.35 bits per heavy atom. The van der Waals surface area contributed by atoms with Crippen molar-refractivity contribution in [2.45, 2.75) is 12.8 Å². The highest BCUT2D eigenvalue weighted by Crippen LogP contribution is 2.26. The molecule has 2 aromatic rings. The highest BCUT2D eigenvalue weighted by Gasteiger charge is 2.09. The molecule has 0 saturated heterocycles. The van der Waals surface area contributed by atoms with Crippen LogP contribution in [0.1, 0.15) is 12.0 Å². The molecule has 3 rings (SSSR count). The molecule has 0 spiro atoms. The first-order valence-corrected chi connectivity index (χ1v) is 5.81. The zero-order valence-corrected chi connectivity index (χ0v) is 9.77. The number of fused-ring (bicyclic) bond motifs is 1. The molecule has 0 atom stereocenters. The number of anilines is 3. The summed E-state index contributed by atoms with van der Waals surface area (Å²) in [6.45, 7) is 1.07. The normalized spacial score (nSPS) is 13.9. The van der Waals surface area contributed by atoms with Crippen LogP contribution >= 0.6 is 0 Å². The summed E-state index contributed by atoms with van der Waals surface area (Å²) in [5, 5.41) is 14.5. The van der Waals surface area contributed by atoms with E-state index in [1.807, 2.05) is 7.05 Å². The van der Waals surface area contributed by atoms with Crippen molar-refractivity contribution < 1.29 is 0 Å². The zero-order valence-electron chi connectivity index (χ0n) is 9.77. The predicted octanol–water partition coefficient (Wildman–Crippen LogP) is 1.92. The summed E-state index contributed by atoms with van der Waals surface area (Å²) in [5.74, 6) is 0.897. The van der Waals surface area contributed by atoms with Gasteiger partial charge in [-0.1, -0.05) is 5.21 Å². The van der Waals surface area contributed by atoms with Gasteiger partial charge in [-0.3, -0.25) is 0 Å². The lowest BCUT2D eigenvalue weighted by molar-refractivity contribution is 0.721. The molecule has 0 fully saturated rings. The minimum atomic E-state index is 0.897. The molecular weight excluding hydrogens is 214 g/mol. The summed E-state index contributed by atoms with van der Waals surface area (Å²) in [7, 11) is 1.87. The third kappa shape index (κ3) is 1.95. The Labute approximate surface area is 99.8 Å². The van der Waals surface area contributed by atoms with Crippen LogP contribution in [0.5, 0.6) is 0 Å². The lowest BCUT2D eigenvalue weighted by Crippen LogP contribution is -2.11. The van der Waals surface area contributed by atoms with E-state index in [1.165, 1.54) is 17.7 Å². The minimum absolute atomic E-state index is 0.897. The Bertz CT molecular complexity index is 531. The first kappa shape index (κ1) is 10.1. The summed E-state index contributed by atoms with van der Waals surface area (Å²) in [4.78, 5) is 0. The fourth-order valence-corrected chi connectivity index (χ4v) is 2.10. The van der Waals surface area contributed by atoms with E-state index in [4.69, 9.17) is 0 Å². The zero-order chi connectivity index (χ0) is 11.7. The third-order valence-electron chi connectivity index (χ3n) is 3.03. The first-order chi connectivity index (χ1) is 8.33. The molecule has 1 aliphatic rings. The second-order valence-corrected chi connectivity index (χ2v) is 4.27. The lowest BCUT2D eigenvalue weighted by atomic mass is 10.0. The van der Waals surface area contributed by atoms with Crippen LogP contribution < -0.4 is 10.6 Å². The number of aryl methyl sites for hydroxylation is 2. The van der Waals surface area contributed by atoms with Crippen LogP contribution in [0.3, 0.4) is 0 Å². The molecule has 17 heavy (non-hydrogen) atoms. The molecule has 0 bridgehead atoms. The molecular formula is C12H15N5. The van der Waals surface area contributed by atoms with E-state index in [-0.39, 0.29) is 0 Å². The summed E-state index contributed by atoms with van der Waals surface area (Å²) in [6.07, 6.45) is 4.06. The van der Waals surface area contributed by atoms with Gasteiger partial charge in [0.05, 0.1) is 6.20 Å². The van der Waals surface area contributed by atoms with Gasteiger partial charge >= 0.3 is 0 Å². The van der Waals surface area contributed by atoms with Crippen molar-refractivity contribution >= 4 is 17.2 Å². The van der Waals surface area contributed by atoms with Crippen LogP contribution in [0.25, 0.3) is 0 Å². The second kappa shape index (κ2) is 4.08. The fraction of sp³-hybridized carbons (Fsp3) is 0.333. The number of aromatic nitrogens is 3. The van der Waals surface area contributed by atoms with Crippen LogP contribution in [0.15, 0.2) is 24.4 Å². The highest BCUT2D eigenvalue weighted by atomic mass is 15.4. The SMILES string of the molecule is Cn1nncc1Nc1ccc2c(c1)CCCN2. The van der Waals surface area contributed by atoms with E-state index in [1.54, 1.807) is 10.9 Å². The van der Waals surface area contributed by atoms with E-state index in [0.717, 1.165) is 24.5 Å². The average molecular weight is 229 g/mol. The van der Waals surface area contributed by atoms with Crippen LogP contribution in [0.4, 0.5) is 17.2 Å². The number of nitrogens with zero attached hydrogens (tertiary/aromatic N) is 3. The van der Waals surface area contributed by atoms with Crippen LogP contribution in [0, 0.1) is 0 Å². The van der Waals surface area contributed by atoms with Gasteiger partial charge in [0, 0.05) is 25.0 Å². The van der Waals surface area contributed by atoms with E-state index in [9.17, 15) is 0 Å². The Morgan fingerprint density at radius 1 is 1.41 bits per heavy atom. The Kier molecular flexibility index (Phi) is 2.44. The molecule has 1 aliphatic heterocycles. The maximum Gasteiger partial charge on any atom is 0.148 e. The van der Waals surface area contributed by atoms with Crippen molar-refractivity contribution in [1.29, 1.82) is 0 Å². The minimum Gasteiger partial charge on any atom is -0.385 e. The number of hydrogen-bond acceptors (Lipinski definition) is 4. The summed E-state index contributed by atoms with van der Waals surface area (Å²) >= 11 is 0. The van der Waals surface area contributed by atoms with Crippen LogP contribution in [-0.2, 0) is 13.5 Å². The Hall–Kier alpha value is -2.04. The number of benzene rings is 1. The Morgan fingerprint density at radius 3 is 3.18 bits per heavy atom. The van der Waals surface area contributed by atoms with E-state index >= 15 is 0 Å². The van der Waals surface area contributed by atoms with Gasteiger partial charge in [-0.05, 0) is 36.6 Å². The van der Waals surface area contributed by atoms with Gasteiger partial charge in [0.1, 0.15) is 5.82 Å². The van der Waals surface area contributed by atoms with Gasteiger partial charge in [0.2, 0.25) is 0 Å². The summed E-state index contributed by atoms with van der Waals surface area (Å²) in [6, 6.07) is 6.39. The molecule has 0 unspecified atom stereocenters. The quantitative estimate of drug-likeness (QED) is 0.826. The van der Waals surface area contributed by atoms with Gasteiger partial charge in [0.15, 0.2) is 0 Å². The summed E-state index contributed by atoms with van der Waals surface area (Å²) in [5.41, 5.74) is 3.71. The number of hydrogen-bond donors (Lipinski definition) is 2. The topological polar surface area (TPSA) is 54.8 Å². The lowest BCUT2D eigenvalue weighted by Gasteiger charge is -2.18. The molecule has 2 heterocycles. The number of nitrogens with one attached hydrogen (secondary N) is 2. The summed E-state index contributed by atoms with van der Waals surface area (Å²) < 4.78 is 1.72. The standard InChI is InChI=1S/C12H15N5/c1-17-12(8-14-16-17)15-10-4-5-11-9(7-10)3-2-6-13-11/h4-5,7-8,13,15H,2-3,6H2,1H3. The van der Waals surface area contributed by atoms with Gasteiger partial charge in [0.25, 0.3) is 0 Å². The molecule has 1 aromatic carbocycles. The van der Waals surface area contributed by atoms with Crippen molar-refractivity contribution in [3.05, 3.63) is 30.0 Å². The second-order valence-electron chi connectivity index (χ2n) is 4.27. The molecule has 5 nitrogen and oxygen atoms in total. The van der Waals surface area contributed by atoms with Gasteiger partial charge in [-0.2, -0.15) is 0 Å². The molecule has 5 heteroatoms. The fourth-order valence-electron chi connectivity index (χ4n) is 2.10. The molecule has 88 valence electrons.